The highest BCUT2D eigenvalue weighted by Crippen LogP contribution is 2.29. The van der Waals surface area contributed by atoms with E-state index < -0.39 is 5.91 Å². The molecule has 0 spiro atoms. The van der Waals surface area contributed by atoms with Gasteiger partial charge in [0.05, 0.1) is 19.0 Å². The summed E-state index contributed by atoms with van der Waals surface area (Å²) in [7, 11) is 1.61. The number of nitrogens with two attached hydrogens (primary N) is 1. The summed E-state index contributed by atoms with van der Waals surface area (Å²) in [6.45, 7) is 0. The lowest BCUT2D eigenvalue weighted by Gasteiger charge is -2.09. The summed E-state index contributed by atoms with van der Waals surface area (Å²) < 4.78 is 6.93. The Balaban J connectivity index is 2.30. The molecule has 0 unspecified atom stereocenters. The number of fused-ring (bicyclic) bond motifs is 1. The number of para-hydroxylation sites is 1. The molecule has 1 amide bonds. The first kappa shape index (κ1) is 12.2. The van der Waals surface area contributed by atoms with E-state index in [2.05, 4.69) is 10.1 Å². The first-order valence-corrected chi connectivity index (χ1v) is 5.98. The first-order valence-electron chi connectivity index (χ1n) is 5.98. The number of amides is 1. The van der Waals surface area contributed by atoms with Crippen molar-refractivity contribution in [3.8, 4) is 17.0 Å². The minimum atomic E-state index is -0.551. The molecule has 1 aromatic carbocycles. The number of carbonyl (C=O) groups excluding carboxylic acids is 1. The van der Waals surface area contributed by atoms with Crippen LogP contribution in [-0.4, -0.2) is 27.6 Å². The molecule has 100 valence electrons. The lowest BCUT2D eigenvalue weighted by atomic mass is 10.1. The molecule has 3 aromatic rings. The molecular formula is C14H12N4O2. The topological polar surface area (TPSA) is 82.5 Å². The van der Waals surface area contributed by atoms with E-state index >= 15 is 0 Å². The van der Waals surface area contributed by atoms with Crippen molar-refractivity contribution in [2.75, 3.05) is 7.11 Å². The van der Waals surface area contributed by atoms with Gasteiger partial charge in [-0.05, 0) is 18.2 Å². The normalized spacial score (nSPS) is 10.7. The second-order valence-electron chi connectivity index (χ2n) is 4.19. The smallest absolute Gasteiger partial charge is 0.254 e. The van der Waals surface area contributed by atoms with Gasteiger partial charge in [0.1, 0.15) is 11.3 Å². The Labute approximate surface area is 114 Å². The maximum Gasteiger partial charge on any atom is 0.254 e. The fourth-order valence-corrected chi connectivity index (χ4v) is 2.13. The number of methoxy groups -OCH3 is 1. The van der Waals surface area contributed by atoms with Crippen LogP contribution in [0.4, 0.5) is 0 Å². The van der Waals surface area contributed by atoms with E-state index in [1.165, 1.54) is 6.20 Å². The summed E-state index contributed by atoms with van der Waals surface area (Å²) in [5.41, 5.74) is 7.68. The van der Waals surface area contributed by atoms with Gasteiger partial charge in [0.25, 0.3) is 5.91 Å². The number of benzene rings is 1. The van der Waals surface area contributed by atoms with Crippen LogP contribution in [-0.2, 0) is 0 Å². The van der Waals surface area contributed by atoms with Crippen LogP contribution in [0.5, 0.6) is 5.75 Å². The molecule has 0 aliphatic carbocycles. The molecule has 0 fully saturated rings. The highest BCUT2D eigenvalue weighted by Gasteiger charge is 2.15. The van der Waals surface area contributed by atoms with Crippen LogP contribution in [0.25, 0.3) is 16.9 Å². The Hall–Kier alpha value is -2.89. The number of nitrogens with zero attached hydrogens (tertiary/aromatic N) is 3. The molecular weight excluding hydrogens is 256 g/mol. The number of ether oxygens (including phenoxy) is 1. The van der Waals surface area contributed by atoms with Crippen LogP contribution in [0.2, 0.25) is 0 Å². The molecule has 2 N–H and O–H groups in total. The van der Waals surface area contributed by atoms with Crippen molar-refractivity contribution in [3.05, 3.63) is 48.3 Å². The van der Waals surface area contributed by atoms with Crippen molar-refractivity contribution < 1.29 is 9.53 Å². The van der Waals surface area contributed by atoms with Crippen LogP contribution in [0.1, 0.15) is 10.4 Å². The number of primary amides is 1. The van der Waals surface area contributed by atoms with Gasteiger partial charge >= 0.3 is 0 Å². The maximum atomic E-state index is 11.4. The molecule has 2 aromatic heterocycles. The SMILES string of the molecule is COc1ccccc1-c1ccnc2c(C(N)=O)cnn12. The number of aromatic nitrogens is 3. The van der Waals surface area contributed by atoms with Crippen LogP contribution in [0, 0.1) is 0 Å². The Bertz CT molecular complexity index is 795. The third-order valence-corrected chi connectivity index (χ3v) is 3.05. The van der Waals surface area contributed by atoms with Gasteiger partial charge in [0, 0.05) is 11.8 Å². The summed E-state index contributed by atoms with van der Waals surface area (Å²) in [5, 5.41) is 4.19. The monoisotopic (exact) mass is 268 g/mol. The van der Waals surface area contributed by atoms with Crippen LogP contribution in [0.15, 0.2) is 42.7 Å². The summed E-state index contributed by atoms with van der Waals surface area (Å²) in [4.78, 5) is 15.5. The molecule has 0 saturated carbocycles. The Morgan fingerprint density at radius 2 is 2.10 bits per heavy atom. The van der Waals surface area contributed by atoms with Gasteiger partial charge in [0.2, 0.25) is 0 Å². The maximum absolute atomic E-state index is 11.4. The summed E-state index contributed by atoms with van der Waals surface area (Å²) in [6, 6.07) is 9.38. The third kappa shape index (κ3) is 1.78. The molecule has 6 heteroatoms. The largest absolute Gasteiger partial charge is 0.496 e. The number of carbonyl (C=O) groups is 1. The number of hydrogen-bond donors (Lipinski definition) is 1. The van der Waals surface area contributed by atoms with Crippen molar-refractivity contribution in [3.63, 3.8) is 0 Å². The molecule has 0 aliphatic heterocycles. The molecule has 0 saturated heterocycles. The van der Waals surface area contributed by atoms with Gasteiger partial charge in [-0.3, -0.25) is 4.79 Å². The van der Waals surface area contributed by atoms with E-state index in [4.69, 9.17) is 10.5 Å². The van der Waals surface area contributed by atoms with Gasteiger partial charge in [-0.1, -0.05) is 12.1 Å². The second-order valence-corrected chi connectivity index (χ2v) is 4.19. The van der Waals surface area contributed by atoms with Crippen molar-refractivity contribution in [1.29, 1.82) is 0 Å². The zero-order chi connectivity index (χ0) is 14.1. The predicted octanol–water partition coefficient (Wildman–Crippen LogP) is 1.50. The minimum absolute atomic E-state index is 0.293. The van der Waals surface area contributed by atoms with Gasteiger partial charge in [-0.15, -0.1) is 0 Å². The fourth-order valence-electron chi connectivity index (χ4n) is 2.13. The van der Waals surface area contributed by atoms with Crippen molar-refractivity contribution >= 4 is 11.6 Å². The summed E-state index contributed by atoms with van der Waals surface area (Å²) in [5.74, 6) is 0.167. The number of hydrogen-bond acceptors (Lipinski definition) is 4. The molecule has 6 nitrogen and oxygen atoms in total. The quantitative estimate of drug-likeness (QED) is 0.780. The standard InChI is InChI=1S/C14H12N4O2/c1-20-12-5-3-2-4-9(12)11-6-7-16-14-10(13(15)19)8-17-18(11)14/h2-8H,1H3,(H2,15,19). The number of rotatable bonds is 3. The van der Waals surface area contributed by atoms with Crippen molar-refractivity contribution in [2.45, 2.75) is 0 Å². The molecule has 20 heavy (non-hydrogen) atoms. The highest BCUT2D eigenvalue weighted by molar-refractivity contribution is 5.98. The van der Waals surface area contributed by atoms with Gasteiger partial charge in [-0.2, -0.15) is 5.10 Å². The van der Waals surface area contributed by atoms with Crippen LogP contribution >= 0.6 is 0 Å². The molecule has 0 atom stereocenters. The van der Waals surface area contributed by atoms with Gasteiger partial charge in [0.15, 0.2) is 5.65 Å². The Morgan fingerprint density at radius 3 is 2.85 bits per heavy atom. The molecule has 3 rings (SSSR count). The van der Waals surface area contributed by atoms with E-state index in [-0.39, 0.29) is 0 Å². The van der Waals surface area contributed by atoms with Crippen molar-refractivity contribution in [2.24, 2.45) is 5.73 Å². The lowest BCUT2D eigenvalue weighted by Crippen LogP contribution is -2.11. The van der Waals surface area contributed by atoms with Crippen molar-refractivity contribution in [1.82, 2.24) is 14.6 Å². The third-order valence-electron chi connectivity index (χ3n) is 3.05. The minimum Gasteiger partial charge on any atom is -0.496 e. The van der Waals surface area contributed by atoms with E-state index in [0.29, 0.717) is 11.2 Å². The first-order chi connectivity index (χ1) is 9.72. The van der Waals surface area contributed by atoms with E-state index in [0.717, 1.165) is 17.0 Å². The highest BCUT2D eigenvalue weighted by atomic mass is 16.5. The Morgan fingerprint density at radius 1 is 1.30 bits per heavy atom. The molecule has 0 aliphatic rings. The zero-order valence-corrected chi connectivity index (χ0v) is 10.8. The fraction of sp³-hybridized carbons (Fsp3) is 0.0714. The van der Waals surface area contributed by atoms with Crippen LogP contribution < -0.4 is 10.5 Å². The van der Waals surface area contributed by atoms with E-state index in [1.54, 1.807) is 17.8 Å². The molecule has 0 bridgehead atoms. The van der Waals surface area contributed by atoms with E-state index in [1.807, 2.05) is 30.3 Å². The zero-order valence-electron chi connectivity index (χ0n) is 10.8. The van der Waals surface area contributed by atoms with Gasteiger partial charge < -0.3 is 10.5 Å². The summed E-state index contributed by atoms with van der Waals surface area (Å²) in [6.07, 6.45) is 3.04. The van der Waals surface area contributed by atoms with E-state index in [9.17, 15) is 4.79 Å². The second kappa shape index (κ2) is 4.65. The predicted molar refractivity (Wildman–Crippen MR) is 73.5 cm³/mol. The summed E-state index contributed by atoms with van der Waals surface area (Å²) >= 11 is 0. The average Bonchev–Trinajstić information content (AvgIpc) is 2.91. The molecule has 2 heterocycles. The lowest BCUT2D eigenvalue weighted by molar-refractivity contribution is 0.100. The molecule has 0 radical (unpaired) electrons. The Kier molecular flexibility index (Phi) is 2.83. The van der Waals surface area contributed by atoms with Crippen LogP contribution in [0.3, 0.4) is 0 Å². The van der Waals surface area contributed by atoms with Gasteiger partial charge in [-0.25, -0.2) is 9.50 Å². The average molecular weight is 268 g/mol.